The molecule has 1 atom stereocenters. The summed E-state index contributed by atoms with van der Waals surface area (Å²) >= 11 is 0. The van der Waals surface area contributed by atoms with Crippen LogP contribution in [0.4, 0.5) is 67.1 Å². The zero-order valence-electron chi connectivity index (χ0n) is 74.1. The Hall–Kier alpha value is -12.2. The third kappa shape index (κ3) is 76.2. The molecule has 0 saturated carbocycles. The van der Waals surface area contributed by atoms with E-state index < -0.39 is 120 Å². The second-order valence-corrected chi connectivity index (χ2v) is 23.9. The van der Waals surface area contributed by atoms with Crippen molar-refractivity contribution in [2.45, 2.75) is 98.2 Å². The Morgan fingerprint density at radius 3 is 0.760 bits per heavy atom. The van der Waals surface area contributed by atoms with Gasteiger partial charge in [-0.2, -0.15) is 0 Å². The lowest BCUT2D eigenvalue weighted by atomic mass is 9.88. The van der Waals surface area contributed by atoms with Crippen molar-refractivity contribution in [3.8, 4) is 0 Å². The lowest BCUT2D eigenvalue weighted by Crippen LogP contribution is -2.45. The molecule has 704 valence electrons. The van der Waals surface area contributed by atoms with Gasteiger partial charge in [0, 0.05) is 151 Å². The van der Waals surface area contributed by atoms with Crippen LogP contribution in [0.1, 0.15) is 86.0 Å². The highest BCUT2D eigenvalue weighted by atomic mass is 16.6. The number of ether oxygens (including phenoxy) is 16. The van der Waals surface area contributed by atoms with Gasteiger partial charge in [-0.3, -0.25) is 24.1 Å². The molecule has 0 bridgehead atoms. The van der Waals surface area contributed by atoms with Crippen molar-refractivity contribution < 1.29 is 162 Å². The molecule has 0 aliphatic heterocycles. The van der Waals surface area contributed by atoms with Crippen LogP contribution in [0.15, 0.2) is 0 Å². The van der Waals surface area contributed by atoms with E-state index in [4.69, 9.17) is 75.8 Å². The largest absolute Gasteiger partial charge is 0.466 e. The first-order chi connectivity index (χ1) is 57.2. The quantitative estimate of drug-likeness (QED) is 0.0234. The van der Waals surface area contributed by atoms with Crippen LogP contribution in [-0.2, 0) is 95.0 Å². The number of carbonyl (C=O) groups is 18. The fourth-order valence-corrected chi connectivity index (χ4v) is 6.83. The first-order valence-electron chi connectivity index (χ1n) is 37.5. The molecule has 0 aromatic heterocycles. The summed E-state index contributed by atoms with van der Waals surface area (Å²) < 4.78 is 79.2. The molecule has 14 N–H and O–H groups in total. The summed E-state index contributed by atoms with van der Waals surface area (Å²) in [6.07, 6.45) is -5.72. The molecule has 1 unspecified atom stereocenters. The summed E-state index contributed by atoms with van der Waals surface area (Å²) in [6, 6.07) is -0.862. The minimum Gasteiger partial charge on any atom is -0.466 e. The van der Waals surface area contributed by atoms with E-state index in [1.54, 1.807) is 27.7 Å². The van der Waals surface area contributed by atoms with E-state index in [1.165, 1.54) is 106 Å². The van der Waals surface area contributed by atoms with Crippen LogP contribution >= 0.6 is 0 Å². The van der Waals surface area contributed by atoms with Gasteiger partial charge in [0.2, 0.25) is 0 Å². The number of alkyl carbamates (subject to hydrolysis) is 12. The maximum Gasteiger partial charge on any atom is 0.407 e. The topological polar surface area (TPSA) is 633 Å². The molecule has 0 spiro atoms. The Balaban J connectivity index is -0.000000259. The Labute approximate surface area is 706 Å². The first kappa shape index (κ1) is 122. The summed E-state index contributed by atoms with van der Waals surface area (Å²) in [5.74, 6) is -1.60. The van der Waals surface area contributed by atoms with E-state index in [9.17, 15) is 86.3 Å². The van der Waals surface area contributed by atoms with E-state index in [2.05, 4.69) is 74.4 Å². The smallest absolute Gasteiger partial charge is 0.407 e. The van der Waals surface area contributed by atoms with Gasteiger partial charge in [-0.05, 0) is 46.8 Å². The predicted octanol–water partition coefficient (Wildman–Crippen LogP) is 1.38. The minimum absolute atomic E-state index is 0.00413. The molecule has 0 rings (SSSR count). The molecule has 0 aliphatic rings. The monoisotopic (exact) mass is 1760 g/mol. The van der Waals surface area contributed by atoms with Gasteiger partial charge >= 0.3 is 109 Å². The predicted molar refractivity (Wildman–Crippen MR) is 429 cm³/mol. The lowest BCUT2D eigenvalue weighted by molar-refractivity contribution is -0.158. The SMILES string of the molecule is CCC(=O)OCC(CC)(COC(=O)NC)COC(=O)NC.CCC(=O)OCC(COC(=O)CC)(COC(=O)NC)COC(=O)NC.CCC(=O)OCCCCC(COC(=O)NC)OC(=O)NC.CN(C)C.CNC(=O)N(C)C(=O)NC.CNC(=O)OCC(COC(=O)NC)OC(=O)NC.CNC(=O)OCCN(CCOC(=O)NC)CCOC(=O)NC. The van der Waals surface area contributed by atoms with E-state index >= 15 is 0 Å². The molecule has 0 aromatic carbocycles. The Bertz CT molecular complexity index is 2740. The first-order valence-corrected chi connectivity index (χ1v) is 37.5. The van der Waals surface area contributed by atoms with Crippen molar-refractivity contribution in [2.75, 3.05) is 239 Å². The summed E-state index contributed by atoms with van der Waals surface area (Å²) in [7, 11) is 27.4. The van der Waals surface area contributed by atoms with Crippen molar-refractivity contribution in [3.05, 3.63) is 0 Å². The number of urea groups is 2. The fraction of sp³-hybridized carbons (Fsp3) is 0.743. The standard InChI is InChI=1S/C15H26N2O8.2C13H24N2O6.C12H24N4O6.C9H17N3O6.C5H11N3O2.C3H9N/c1-5-11(18)22-7-15(8-23-12(19)6-2,9-24-13(20)16-3)10-25-14(21)17-4;1-5-10(16)19-7-13(6-2,8-20-11(17)14-3)9-21-12(18)15-4;1-4-11(16)19-8-6-5-7-10(21-13(18)15-3)9-20-12(17)14-2;1-13-10(17)20-7-4-16(5-8-21-11(18)14-2)6-9-22-12(19)15-3;1-10-7(13)16-4-6(18-9(15)12-3)5-17-8(14)11-2;1-6-4(9)8(3)5(10)7-2;1-4(2)3/h5-10H2,1-4H3,(H,16,20)(H,17,21);5-9H2,1-4H3,(H,14,17)(H,15,18);10H,4-9H2,1-3H3,(H,14,17)(H,15,18);4-9H2,1-3H3,(H,13,17)(H,14,18)(H,15,19);6H,4-5H2,1-3H3,(H,10,13)(H,11,14)(H,12,15);1-3H3,(H,6,9)(H,7,10);1-3H3. The van der Waals surface area contributed by atoms with Gasteiger partial charge in [0.05, 0.1) is 12.0 Å². The molecule has 121 heavy (non-hydrogen) atoms. The van der Waals surface area contributed by atoms with Crippen molar-refractivity contribution in [3.63, 3.8) is 0 Å². The maximum atomic E-state index is 11.5. The van der Waals surface area contributed by atoms with Gasteiger partial charge in [0.25, 0.3) is 0 Å². The number of imide groups is 1. The van der Waals surface area contributed by atoms with Crippen LogP contribution in [-0.4, -0.2) is 375 Å². The van der Waals surface area contributed by atoms with Crippen LogP contribution in [0.25, 0.3) is 0 Å². The average molecular weight is 1760 g/mol. The Kier molecular flexibility index (Phi) is 80.9. The number of hydrogen-bond acceptors (Lipinski definition) is 36. The van der Waals surface area contributed by atoms with Gasteiger partial charge in [-0.25, -0.2) is 72.0 Å². The van der Waals surface area contributed by atoms with Crippen molar-refractivity contribution in [1.82, 2.24) is 89.1 Å². The second-order valence-electron chi connectivity index (χ2n) is 23.9. The van der Waals surface area contributed by atoms with E-state index in [0.29, 0.717) is 58.3 Å². The summed E-state index contributed by atoms with van der Waals surface area (Å²) in [5.41, 5.74) is -2.00. The van der Waals surface area contributed by atoms with Gasteiger partial charge in [-0.15, -0.1) is 0 Å². The van der Waals surface area contributed by atoms with Gasteiger partial charge in [0.1, 0.15) is 97.4 Å². The number of nitrogens with one attached hydrogen (secondary N) is 14. The number of rotatable bonds is 41. The van der Waals surface area contributed by atoms with E-state index in [1.807, 2.05) is 37.9 Å². The summed E-state index contributed by atoms with van der Waals surface area (Å²) in [6.45, 7) is 8.90. The molecule has 0 heterocycles. The molecule has 0 aliphatic carbocycles. The second kappa shape index (κ2) is 80.2. The normalized spacial score (nSPS) is 10.1. The third-order valence-corrected chi connectivity index (χ3v) is 13.9. The number of esters is 4. The number of unbranched alkanes of at least 4 members (excludes halogenated alkanes) is 1. The molecule has 0 saturated heterocycles. The highest BCUT2D eigenvalue weighted by molar-refractivity contribution is 5.92. The molecule has 16 amide bonds. The Morgan fingerprint density at radius 1 is 0.264 bits per heavy atom. The molecule has 0 fully saturated rings. The number of hydrogen-bond donors (Lipinski definition) is 14. The molecule has 51 heteroatoms. The van der Waals surface area contributed by atoms with E-state index in [-0.39, 0.29) is 117 Å². The van der Waals surface area contributed by atoms with Gasteiger partial charge in [0.15, 0.2) is 6.10 Å². The zero-order chi connectivity index (χ0) is 94.2. The number of amides is 16. The number of nitrogens with zero attached hydrogens (tertiary/aromatic N) is 3. The zero-order valence-corrected chi connectivity index (χ0v) is 74.1. The number of carbonyl (C=O) groups excluding carboxylic acids is 18. The molecule has 0 radical (unpaired) electrons. The highest BCUT2D eigenvalue weighted by Gasteiger charge is 2.38. The Morgan fingerprint density at radius 2 is 0.496 bits per heavy atom. The summed E-state index contributed by atoms with van der Waals surface area (Å²) in [5, 5.41) is 32.1. The molecule has 0 aromatic rings. The average Bonchev–Trinajstić information content (AvgIpc) is 0.851. The van der Waals surface area contributed by atoms with Gasteiger partial charge < -0.3 is 155 Å². The van der Waals surface area contributed by atoms with Crippen molar-refractivity contribution in [1.29, 1.82) is 0 Å². The molecular weight excluding hydrogens is 1620 g/mol. The molecule has 51 nitrogen and oxygen atoms in total. The van der Waals surface area contributed by atoms with Crippen LogP contribution in [0.2, 0.25) is 0 Å². The third-order valence-electron chi connectivity index (χ3n) is 13.9. The van der Waals surface area contributed by atoms with Crippen molar-refractivity contribution >= 4 is 109 Å². The van der Waals surface area contributed by atoms with Crippen molar-refractivity contribution in [2.24, 2.45) is 10.8 Å². The minimum atomic E-state index is -1.23. The van der Waals surface area contributed by atoms with Crippen LogP contribution in [0, 0.1) is 10.8 Å². The fourth-order valence-electron chi connectivity index (χ4n) is 6.83. The molecular formula is C70H135N17O34. The van der Waals surface area contributed by atoms with E-state index in [0.717, 1.165) is 4.90 Å². The van der Waals surface area contributed by atoms with Crippen LogP contribution < -0.4 is 74.4 Å². The lowest BCUT2D eigenvalue weighted by Gasteiger charge is -2.31. The summed E-state index contributed by atoms with van der Waals surface area (Å²) in [4.78, 5) is 204. The van der Waals surface area contributed by atoms with Crippen LogP contribution in [0.3, 0.4) is 0 Å². The van der Waals surface area contributed by atoms with Gasteiger partial charge in [-0.1, -0.05) is 34.6 Å². The highest BCUT2D eigenvalue weighted by Crippen LogP contribution is 2.25. The maximum absolute atomic E-state index is 11.5. The van der Waals surface area contributed by atoms with Crippen LogP contribution in [0.5, 0.6) is 0 Å².